The van der Waals surface area contributed by atoms with Crippen molar-refractivity contribution < 1.29 is 8.42 Å². The normalized spacial score (nSPS) is 14.6. The first kappa shape index (κ1) is 8.31. The molecular formula is C9H9NO2S. The van der Waals surface area contributed by atoms with E-state index in [4.69, 9.17) is 0 Å². The number of para-hydroxylation sites is 1. The standard InChI is InChI=1S/C9H9NO2S/c11-13(12)9-6-5-7-3-1-2-4-8(7)10-9/h1-4,10H,5-6H2. The molecule has 0 bridgehead atoms. The van der Waals surface area contributed by atoms with E-state index in [-0.39, 0.29) is 0 Å². The number of aryl methyl sites for hydroxylation is 1. The van der Waals surface area contributed by atoms with E-state index in [1.807, 2.05) is 24.3 Å². The molecule has 3 nitrogen and oxygen atoms in total. The summed E-state index contributed by atoms with van der Waals surface area (Å²) in [6.07, 6.45) is 1.37. The first-order valence-corrected chi connectivity index (χ1v) is 5.15. The van der Waals surface area contributed by atoms with Crippen molar-refractivity contribution in [1.29, 1.82) is 0 Å². The highest BCUT2D eigenvalue weighted by Crippen LogP contribution is 2.21. The molecule has 68 valence electrons. The summed E-state index contributed by atoms with van der Waals surface area (Å²) in [4.78, 5) is 0.388. The monoisotopic (exact) mass is 195 g/mol. The third-order valence-corrected chi connectivity index (χ3v) is 2.82. The lowest BCUT2D eigenvalue weighted by molar-refractivity contribution is 0.626. The van der Waals surface area contributed by atoms with E-state index in [9.17, 15) is 8.42 Å². The van der Waals surface area contributed by atoms with Crippen molar-refractivity contribution in [3.63, 3.8) is 0 Å². The van der Waals surface area contributed by atoms with Gasteiger partial charge in [-0.2, -0.15) is 8.42 Å². The molecule has 2 rings (SSSR count). The van der Waals surface area contributed by atoms with Crippen molar-refractivity contribution in [3.05, 3.63) is 29.8 Å². The maximum Gasteiger partial charge on any atom is 0.233 e. The first-order chi connectivity index (χ1) is 6.27. The predicted molar refractivity (Wildman–Crippen MR) is 52.3 cm³/mol. The number of hydrogen-bond donors (Lipinski definition) is 1. The van der Waals surface area contributed by atoms with Gasteiger partial charge in [-0.25, -0.2) is 0 Å². The SMILES string of the molecule is O=S(=O)=C1CCc2ccccc2N1. The summed E-state index contributed by atoms with van der Waals surface area (Å²) >= 11 is 0. The third kappa shape index (κ3) is 1.58. The van der Waals surface area contributed by atoms with Crippen LogP contribution in [0.2, 0.25) is 0 Å². The van der Waals surface area contributed by atoms with Crippen LogP contribution in [0.4, 0.5) is 5.69 Å². The van der Waals surface area contributed by atoms with Gasteiger partial charge in [-0.15, -0.1) is 0 Å². The predicted octanol–water partition coefficient (Wildman–Crippen LogP) is 1.05. The van der Waals surface area contributed by atoms with E-state index in [0.29, 0.717) is 11.4 Å². The molecule has 13 heavy (non-hydrogen) atoms. The van der Waals surface area contributed by atoms with Crippen LogP contribution >= 0.6 is 0 Å². The highest BCUT2D eigenvalue weighted by atomic mass is 32.2. The molecule has 0 fully saturated rings. The minimum absolute atomic E-state index is 0.388. The fourth-order valence-electron chi connectivity index (χ4n) is 1.45. The Kier molecular flexibility index (Phi) is 2.06. The summed E-state index contributed by atoms with van der Waals surface area (Å²) in [6.45, 7) is 0. The Morgan fingerprint density at radius 3 is 2.69 bits per heavy atom. The van der Waals surface area contributed by atoms with E-state index in [1.54, 1.807) is 0 Å². The van der Waals surface area contributed by atoms with Crippen LogP contribution in [0.25, 0.3) is 0 Å². The molecular weight excluding hydrogens is 186 g/mol. The summed E-state index contributed by atoms with van der Waals surface area (Å²) in [5.74, 6) is 0. The Morgan fingerprint density at radius 1 is 1.15 bits per heavy atom. The molecule has 1 N–H and O–H groups in total. The summed E-state index contributed by atoms with van der Waals surface area (Å²) in [6, 6.07) is 7.75. The quantitative estimate of drug-likeness (QED) is 0.629. The number of benzene rings is 1. The van der Waals surface area contributed by atoms with Gasteiger partial charge in [0.05, 0.1) is 0 Å². The maximum absolute atomic E-state index is 10.7. The summed E-state index contributed by atoms with van der Waals surface area (Å²) in [7, 11) is -2.10. The van der Waals surface area contributed by atoms with Crippen molar-refractivity contribution in [2.45, 2.75) is 12.8 Å². The van der Waals surface area contributed by atoms with Gasteiger partial charge in [-0.3, -0.25) is 0 Å². The summed E-state index contributed by atoms with van der Waals surface area (Å²) in [5.41, 5.74) is 2.09. The van der Waals surface area contributed by atoms with E-state index in [2.05, 4.69) is 5.32 Å². The largest absolute Gasteiger partial charge is 0.346 e. The molecule has 0 aromatic heterocycles. The minimum atomic E-state index is -2.10. The molecule has 1 aromatic rings. The zero-order valence-electron chi connectivity index (χ0n) is 6.95. The smallest absolute Gasteiger partial charge is 0.233 e. The highest BCUT2D eigenvalue weighted by Gasteiger charge is 2.12. The van der Waals surface area contributed by atoms with Crippen LogP contribution in [0.15, 0.2) is 24.3 Å². The third-order valence-electron chi connectivity index (χ3n) is 2.11. The van der Waals surface area contributed by atoms with Crippen LogP contribution in [0.5, 0.6) is 0 Å². The van der Waals surface area contributed by atoms with Gasteiger partial charge in [0, 0.05) is 12.1 Å². The number of anilines is 1. The summed E-state index contributed by atoms with van der Waals surface area (Å²) < 4.78 is 21.3. The van der Waals surface area contributed by atoms with Crippen LogP contribution in [-0.4, -0.2) is 13.4 Å². The van der Waals surface area contributed by atoms with Crippen molar-refractivity contribution in [2.24, 2.45) is 0 Å². The fraction of sp³-hybridized carbons (Fsp3) is 0.222. The van der Waals surface area contributed by atoms with E-state index < -0.39 is 10.3 Å². The van der Waals surface area contributed by atoms with Crippen LogP contribution in [0.1, 0.15) is 12.0 Å². The lowest BCUT2D eigenvalue weighted by Gasteiger charge is -2.17. The molecule has 0 saturated carbocycles. The van der Waals surface area contributed by atoms with Gasteiger partial charge >= 0.3 is 0 Å². The Bertz CT molecular complexity index is 454. The molecule has 0 amide bonds. The second-order valence-corrected chi connectivity index (χ2v) is 3.90. The Labute approximate surface area is 77.9 Å². The second-order valence-electron chi connectivity index (χ2n) is 2.94. The molecule has 1 aromatic carbocycles. The van der Waals surface area contributed by atoms with E-state index in [1.165, 1.54) is 5.56 Å². The van der Waals surface area contributed by atoms with Gasteiger partial charge in [0.2, 0.25) is 10.3 Å². The van der Waals surface area contributed by atoms with Gasteiger partial charge in [0.25, 0.3) is 0 Å². The van der Waals surface area contributed by atoms with Crippen molar-refractivity contribution in [2.75, 3.05) is 5.32 Å². The topological polar surface area (TPSA) is 46.2 Å². The average molecular weight is 195 g/mol. The molecule has 0 radical (unpaired) electrons. The molecule has 0 spiro atoms. The Hall–Kier alpha value is -1.29. The van der Waals surface area contributed by atoms with Gasteiger partial charge < -0.3 is 5.32 Å². The van der Waals surface area contributed by atoms with E-state index >= 15 is 0 Å². The lowest BCUT2D eigenvalue weighted by Crippen LogP contribution is -2.20. The zero-order chi connectivity index (χ0) is 9.26. The highest BCUT2D eigenvalue weighted by molar-refractivity contribution is 7.73. The molecule has 0 atom stereocenters. The molecule has 1 heterocycles. The average Bonchev–Trinajstić information content (AvgIpc) is 2.17. The molecule has 1 aliphatic rings. The molecule has 0 saturated heterocycles. The maximum atomic E-state index is 10.7. The van der Waals surface area contributed by atoms with Gasteiger partial charge in [-0.1, -0.05) is 18.2 Å². The number of fused-ring (bicyclic) bond motifs is 1. The summed E-state index contributed by atoms with van der Waals surface area (Å²) in [5, 5.41) is 2.90. The van der Waals surface area contributed by atoms with Gasteiger partial charge in [0.15, 0.2) is 0 Å². The van der Waals surface area contributed by atoms with Crippen molar-refractivity contribution in [1.82, 2.24) is 0 Å². The lowest BCUT2D eigenvalue weighted by atomic mass is 10.0. The minimum Gasteiger partial charge on any atom is -0.346 e. The molecule has 0 unspecified atom stereocenters. The first-order valence-electron chi connectivity index (χ1n) is 4.07. The van der Waals surface area contributed by atoms with Gasteiger partial charge in [-0.05, 0) is 18.1 Å². The van der Waals surface area contributed by atoms with Crippen molar-refractivity contribution >= 4 is 21.0 Å². The molecule has 1 aliphatic heterocycles. The Morgan fingerprint density at radius 2 is 1.92 bits per heavy atom. The Balaban J connectivity index is 2.46. The molecule has 0 aliphatic carbocycles. The number of nitrogens with one attached hydrogen (secondary N) is 1. The van der Waals surface area contributed by atoms with Crippen LogP contribution < -0.4 is 5.32 Å². The number of rotatable bonds is 0. The second kappa shape index (κ2) is 3.22. The molecule has 4 heteroatoms. The van der Waals surface area contributed by atoms with Crippen LogP contribution in [0, 0.1) is 0 Å². The number of hydrogen-bond acceptors (Lipinski definition) is 2. The van der Waals surface area contributed by atoms with E-state index in [0.717, 1.165) is 12.1 Å². The van der Waals surface area contributed by atoms with Crippen LogP contribution in [0.3, 0.4) is 0 Å². The van der Waals surface area contributed by atoms with Gasteiger partial charge in [0.1, 0.15) is 4.99 Å². The fourth-order valence-corrected chi connectivity index (χ4v) is 1.91. The van der Waals surface area contributed by atoms with Crippen LogP contribution in [-0.2, 0) is 16.7 Å². The zero-order valence-corrected chi connectivity index (χ0v) is 7.76. The van der Waals surface area contributed by atoms with Crippen molar-refractivity contribution in [3.8, 4) is 0 Å².